The maximum Gasteiger partial charge on any atom is 0.286 e. The van der Waals surface area contributed by atoms with Crippen LogP contribution in [0.4, 0.5) is 0 Å². The molecule has 0 radical (unpaired) electrons. The van der Waals surface area contributed by atoms with Crippen LogP contribution in [0.2, 0.25) is 5.02 Å². The average molecular weight is 311 g/mol. The van der Waals surface area contributed by atoms with Crippen LogP contribution in [0, 0.1) is 0 Å². The second-order valence-corrected chi connectivity index (χ2v) is 4.64. The highest BCUT2D eigenvalue weighted by Crippen LogP contribution is 2.19. The normalized spacial score (nSPS) is 10.6. The number of aliphatic hydroxyl groups is 1. The summed E-state index contributed by atoms with van der Waals surface area (Å²) in [6, 6.07) is 7.61. The molecule has 0 fully saturated rings. The largest absolute Gasteiger partial charge is 0.485 e. The summed E-state index contributed by atoms with van der Waals surface area (Å²) in [7, 11) is 0. The smallest absolute Gasteiger partial charge is 0.286 e. The first-order valence-electron chi connectivity index (χ1n) is 6.33. The predicted molar refractivity (Wildman–Crippen MR) is 77.4 cm³/mol. The van der Waals surface area contributed by atoms with E-state index in [4.69, 9.17) is 26.2 Å². The van der Waals surface area contributed by atoms with Crippen LogP contribution in [0.5, 0.6) is 5.75 Å². The summed E-state index contributed by atoms with van der Waals surface area (Å²) in [4.78, 5) is 11.3. The minimum absolute atomic E-state index is 0.0108. The molecule has 2 rings (SSSR count). The van der Waals surface area contributed by atoms with Crippen LogP contribution in [-0.2, 0) is 18.0 Å². The molecule has 0 amide bonds. The van der Waals surface area contributed by atoms with Crippen molar-refractivity contribution < 1.29 is 14.6 Å². The number of nitrogens with one attached hydrogen (secondary N) is 1. The summed E-state index contributed by atoms with van der Waals surface area (Å²) in [6.45, 7) is 1.06. The first-order valence-corrected chi connectivity index (χ1v) is 6.71. The molecule has 2 N–H and O–H groups in total. The third-order valence-corrected chi connectivity index (χ3v) is 3.04. The van der Waals surface area contributed by atoms with Crippen LogP contribution in [0.15, 0.2) is 35.3 Å². The van der Waals surface area contributed by atoms with E-state index in [9.17, 15) is 4.79 Å². The zero-order chi connectivity index (χ0) is 15.1. The van der Waals surface area contributed by atoms with Crippen LogP contribution < -0.4 is 10.3 Å². The number of aliphatic hydroxyl groups excluding tert-OH is 1. The molecular weight excluding hydrogens is 296 g/mol. The molecule has 2 aromatic rings. The minimum atomic E-state index is -0.481. The van der Waals surface area contributed by atoms with Gasteiger partial charge in [-0.25, -0.2) is 5.10 Å². The summed E-state index contributed by atoms with van der Waals surface area (Å²) >= 11 is 5.81. The first kappa shape index (κ1) is 15.5. The number of aromatic nitrogens is 2. The molecule has 0 atom stereocenters. The van der Waals surface area contributed by atoms with Crippen LogP contribution in [-0.4, -0.2) is 28.5 Å². The van der Waals surface area contributed by atoms with E-state index in [0.717, 1.165) is 11.1 Å². The Hall–Kier alpha value is -1.89. The Balaban J connectivity index is 1.91. The number of nitrogens with zero attached hydrogens (tertiary/aromatic N) is 1. The number of aromatic amines is 1. The minimum Gasteiger partial charge on any atom is -0.485 e. The fourth-order valence-corrected chi connectivity index (χ4v) is 1.76. The molecule has 0 aliphatic heterocycles. The van der Waals surface area contributed by atoms with Crippen LogP contribution >= 0.6 is 11.6 Å². The maximum atomic E-state index is 11.3. The highest BCUT2D eigenvalue weighted by molar-refractivity contribution is 6.31. The molecule has 0 saturated carbocycles. The Bertz CT molecular complexity index is 628. The molecular formula is C14H15ClN2O4. The quantitative estimate of drug-likeness (QED) is 0.757. The van der Waals surface area contributed by atoms with Gasteiger partial charge in [0.1, 0.15) is 6.61 Å². The zero-order valence-electron chi connectivity index (χ0n) is 11.2. The Morgan fingerprint density at radius 3 is 2.52 bits per heavy atom. The van der Waals surface area contributed by atoms with Crippen molar-refractivity contribution >= 4 is 11.6 Å². The van der Waals surface area contributed by atoms with Gasteiger partial charge in [0.25, 0.3) is 5.56 Å². The number of ether oxygens (including phenoxy) is 2. The number of benzene rings is 1. The van der Waals surface area contributed by atoms with Crippen LogP contribution in [0.25, 0.3) is 0 Å². The number of hydrogen-bond acceptors (Lipinski definition) is 5. The molecule has 1 aromatic carbocycles. The van der Waals surface area contributed by atoms with Gasteiger partial charge >= 0.3 is 0 Å². The van der Waals surface area contributed by atoms with Crippen molar-refractivity contribution in [3.63, 3.8) is 0 Å². The highest BCUT2D eigenvalue weighted by atomic mass is 35.5. The lowest BCUT2D eigenvalue weighted by Crippen LogP contribution is -2.10. The van der Waals surface area contributed by atoms with Crippen molar-refractivity contribution in [2.45, 2.75) is 13.2 Å². The number of hydrogen-bond donors (Lipinski definition) is 2. The molecule has 0 aliphatic carbocycles. The molecule has 0 spiro atoms. The molecule has 21 heavy (non-hydrogen) atoms. The van der Waals surface area contributed by atoms with Gasteiger partial charge < -0.3 is 14.6 Å². The van der Waals surface area contributed by atoms with Crippen molar-refractivity contribution in [3.8, 4) is 5.75 Å². The zero-order valence-corrected chi connectivity index (χ0v) is 12.0. The van der Waals surface area contributed by atoms with E-state index in [-0.39, 0.29) is 24.0 Å². The SMILES string of the molecule is O=c1[nH]ncc(OCc2ccc(COCCO)cc2)c1Cl. The molecule has 1 aromatic heterocycles. The molecule has 0 bridgehead atoms. The lowest BCUT2D eigenvalue weighted by atomic mass is 10.1. The van der Waals surface area contributed by atoms with Gasteiger partial charge in [-0.1, -0.05) is 35.9 Å². The molecule has 0 aliphatic rings. The maximum absolute atomic E-state index is 11.3. The number of rotatable bonds is 7. The van der Waals surface area contributed by atoms with Crippen molar-refractivity contribution in [1.82, 2.24) is 10.2 Å². The van der Waals surface area contributed by atoms with E-state index < -0.39 is 5.56 Å². The van der Waals surface area contributed by atoms with Crippen molar-refractivity contribution in [2.24, 2.45) is 0 Å². The van der Waals surface area contributed by atoms with E-state index in [1.165, 1.54) is 6.20 Å². The predicted octanol–water partition coefficient (Wildman–Crippen LogP) is 1.51. The van der Waals surface area contributed by atoms with Gasteiger partial charge in [-0.3, -0.25) is 4.79 Å². The fourth-order valence-electron chi connectivity index (χ4n) is 1.62. The Morgan fingerprint density at radius 1 is 1.19 bits per heavy atom. The Morgan fingerprint density at radius 2 is 1.86 bits per heavy atom. The lowest BCUT2D eigenvalue weighted by molar-refractivity contribution is 0.0815. The average Bonchev–Trinajstić information content (AvgIpc) is 2.50. The summed E-state index contributed by atoms with van der Waals surface area (Å²) in [5, 5.41) is 14.5. The molecule has 1 heterocycles. The van der Waals surface area contributed by atoms with Crippen molar-refractivity contribution in [2.75, 3.05) is 13.2 Å². The summed E-state index contributed by atoms with van der Waals surface area (Å²) in [5.41, 5.74) is 1.45. The van der Waals surface area contributed by atoms with Gasteiger partial charge in [-0.05, 0) is 11.1 Å². The highest BCUT2D eigenvalue weighted by Gasteiger charge is 2.06. The Kier molecular flexibility index (Phi) is 5.74. The summed E-state index contributed by atoms with van der Waals surface area (Å²) < 4.78 is 10.7. The van der Waals surface area contributed by atoms with Crippen LogP contribution in [0.1, 0.15) is 11.1 Å². The molecule has 6 nitrogen and oxygen atoms in total. The standard InChI is InChI=1S/C14H15ClN2O4/c15-13-12(7-16-17-14(13)19)21-9-11-3-1-10(2-4-11)8-20-6-5-18/h1-4,7,18H,5-6,8-9H2,(H,17,19). The third-order valence-electron chi connectivity index (χ3n) is 2.69. The summed E-state index contributed by atoms with van der Waals surface area (Å²) in [6.07, 6.45) is 1.36. The van der Waals surface area contributed by atoms with Gasteiger partial charge in [-0.2, -0.15) is 5.10 Å². The third kappa shape index (κ3) is 4.56. The number of H-pyrrole nitrogens is 1. The van der Waals surface area contributed by atoms with E-state index in [2.05, 4.69) is 10.2 Å². The molecule has 7 heteroatoms. The van der Waals surface area contributed by atoms with Gasteiger partial charge in [0.2, 0.25) is 0 Å². The van der Waals surface area contributed by atoms with E-state index in [0.29, 0.717) is 13.2 Å². The van der Waals surface area contributed by atoms with Gasteiger partial charge in [-0.15, -0.1) is 0 Å². The van der Waals surface area contributed by atoms with E-state index in [1.807, 2.05) is 24.3 Å². The first-order chi connectivity index (χ1) is 10.2. The van der Waals surface area contributed by atoms with E-state index >= 15 is 0 Å². The second-order valence-electron chi connectivity index (χ2n) is 4.26. The summed E-state index contributed by atoms with van der Waals surface area (Å²) in [5.74, 6) is 0.246. The second kappa shape index (κ2) is 7.78. The van der Waals surface area contributed by atoms with Gasteiger partial charge in [0.15, 0.2) is 10.8 Å². The van der Waals surface area contributed by atoms with Gasteiger partial charge in [0, 0.05) is 0 Å². The lowest BCUT2D eigenvalue weighted by Gasteiger charge is -2.08. The van der Waals surface area contributed by atoms with Crippen molar-refractivity contribution in [3.05, 3.63) is 57.0 Å². The molecule has 0 unspecified atom stereocenters. The number of halogens is 1. The molecule has 112 valence electrons. The molecule has 0 saturated heterocycles. The van der Waals surface area contributed by atoms with Gasteiger partial charge in [0.05, 0.1) is 26.0 Å². The van der Waals surface area contributed by atoms with Crippen LogP contribution in [0.3, 0.4) is 0 Å². The monoisotopic (exact) mass is 310 g/mol. The topological polar surface area (TPSA) is 84.4 Å². The van der Waals surface area contributed by atoms with E-state index in [1.54, 1.807) is 0 Å². The fraction of sp³-hybridized carbons (Fsp3) is 0.286. The Labute approximate surface area is 126 Å². The van der Waals surface area contributed by atoms with Crippen molar-refractivity contribution in [1.29, 1.82) is 0 Å².